The first-order chi connectivity index (χ1) is 8.83. The van der Waals surface area contributed by atoms with Crippen LogP contribution in [0.4, 0.5) is 0 Å². The normalized spacial score (nSPS) is 19.7. The Morgan fingerprint density at radius 2 is 2.11 bits per heavy atom. The van der Waals surface area contributed by atoms with Gasteiger partial charge in [-0.05, 0) is 19.3 Å². The highest BCUT2D eigenvalue weighted by molar-refractivity contribution is 5.10. The monoisotopic (exact) mass is 250 g/mol. The van der Waals surface area contributed by atoms with Crippen molar-refractivity contribution < 1.29 is 0 Å². The van der Waals surface area contributed by atoms with E-state index in [0.29, 0.717) is 0 Å². The summed E-state index contributed by atoms with van der Waals surface area (Å²) in [7, 11) is 0. The van der Waals surface area contributed by atoms with Gasteiger partial charge < -0.3 is 0 Å². The van der Waals surface area contributed by atoms with E-state index in [2.05, 4.69) is 23.6 Å². The molecule has 4 nitrogen and oxygen atoms in total. The van der Waals surface area contributed by atoms with Gasteiger partial charge in [0.2, 0.25) is 0 Å². The number of nitrogens with one attached hydrogen (secondary N) is 1. The first-order valence-electron chi connectivity index (χ1n) is 7.32. The van der Waals surface area contributed by atoms with Crippen molar-refractivity contribution in [3.8, 4) is 0 Å². The van der Waals surface area contributed by atoms with Crippen LogP contribution in [0.25, 0.3) is 0 Å². The van der Waals surface area contributed by atoms with Gasteiger partial charge in [0.1, 0.15) is 0 Å². The SMILES string of the molecule is CCn1cc(C(CC2CCCCCC2)NN)cn1. The van der Waals surface area contributed by atoms with Gasteiger partial charge in [-0.25, -0.2) is 0 Å². The fraction of sp³-hybridized carbons (Fsp3) is 0.786. The molecule has 0 saturated heterocycles. The second kappa shape index (κ2) is 6.90. The summed E-state index contributed by atoms with van der Waals surface area (Å²) in [6.45, 7) is 3.02. The summed E-state index contributed by atoms with van der Waals surface area (Å²) >= 11 is 0. The average molecular weight is 250 g/mol. The molecule has 1 heterocycles. The maximum atomic E-state index is 5.72. The van der Waals surface area contributed by atoms with Gasteiger partial charge in [0.25, 0.3) is 0 Å². The van der Waals surface area contributed by atoms with E-state index >= 15 is 0 Å². The molecule has 0 bridgehead atoms. The molecule has 3 N–H and O–H groups in total. The Hall–Kier alpha value is -0.870. The summed E-state index contributed by atoms with van der Waals surface area (Å²) in [5.41, 5.74) is 4.20. The number of nitrogens with two attached hydrogens (primary N) is 1. The Labute approximate surface area is 110 Å². The molecule has 0 amide bonds. The minimum atomic E-state index is 0.258. The summed E-state index contributed by atoms with van der Waals surface area (Å²) in [4.78, 5) is 0. The standard InChI is InChI=1S/C14H26N4/c1-2-18-11-13(10-16-18)14(17-15)9-12-7-5-3-4-6-8-12/h10-12,14,17H,2-9,15H2,1H3. The molecule has 0 spiro atoms. The number of nitrogens with zero attached hydrogens (tertiary/aromatic N) is 2. The smallest absolute Gasteiger partial charge is 0.0538 e. The second-order valence-electron chi connectivity index (χ2n) is 5.44. The second-order valence-corrected chi connectivity index (χ2v) is 5.44. The summed E-state index contributed by atoms with van der Waals surface area (Å²) in [6.07, 6.45) is 13.5. The average Bonchev–Trinajstić information content (AvgIpc) is 2.73. The third kappa shape index (κ3) is 3.56. The number of rotatable bonds is 5. The Morgan fingerprint density at radius 3 is 2.67 bits per heavy atom. The fourth-order valence-corrected chi connectivity index (χ4v) is 2.97. The highest BCUT2D eigenvalue weighted by Gasteiger charge is 2.19. The molecule has 2 rings (SSSR count). The van der Waals surface area contributed by atoms with Crippen molar-refractivity contribution in [2.45, 2.75) is 64.5 Å². The first-order valence-corrected chi connectivity index (χ1v) is 7.32. The van der Waals surface area contributed by atoms with Crippen LogP contribution >= 0.6 is 0 Å². The molecular formula is C14H26N4. The third-order valence-corrected chi connectivity index (χ3v) is 4.12. The van der Waals surface area contributed by atoms with Crippen molar-refractivity contribution >= 4 is 0 Å². The minimum Gasteiger partial charge on any atom is -0.273 e. The zero-order valence-corrected chi connectivity index (χ0v) is 11.4. The maximum Gasteiger partial charge on any atom is 0.0538 e. The Bertz CT molecular complexity index is 339. The molecule has 1 aromatic rings. The van der Waals surface area contributed by atoms with E-state index in [-0.39, 0.29) is 6.04 Å². The van der Waals surface area contributed by atoms with Crippen molar-refractivity contribution in [1.29, 1.82) is 0 Å². The lowest BCUT2D eigenvalue weighted by Crippen LogP contribution is -2.29. The van der Waals surface area contributed by atoms with Crippen LogP contribution < -0.4 is 11.3 Å². The molecule has 4 heteroatoms. The molecule has 0 aliphatic heterocycles. The number of aromatic nitrogens is 2. The van der Waals surface area contributed by atoms with Crippen LogP contribution in [0.2, 0.25) is 0 Å². The van der Waals surface area contributed by atoms with Gasteiger partial charge in [-0.1, -0.05) is 38.5 Å². The van der Waals surface area contributed by atoms with Crippen molar-refractivity contribution in [2.24, 2.45) is 11.8 Å². The first kappa shape index (κ1) is 13.6. The van der Waals surface area contributed by atoms with Crippen molar-refractivity contribution in [3.63, 3.8) is 0 Å². The van der Waals surface area contributed by atoms with Crippen molar-refractivity contribution in [1.82, 2.24) is 15.2 Å². The van der Waals surface area contributed by atoms with Crippen molar-refractivity contribution in [3.05, 3.63) is 18.0 Å². The Kier molecular flexibility index (Phi) is 5.20. The quantitative estimate of drug-likeness (QED) is 0.480. The van der Waals surface area contributed by atoms with Crippen LogP contribution in [-0.2, 0) is 6.54 Å². The molecule has 18 heavy (non-hydrogen) atoms. The molecule has 1 aliphatic rings. The lowest BCUT2D eigenvalue weighted by Gasteiger charge is -2.21. The molecule has 1 atom stereocenters. The topological polar surface area (TPSA) is 55.9 Å². The molecule has 0 radical (unpaired) electrons. The van der Waals surface area contributed by atoms with E-state index < -0.39 is 0 Å². The van der Waals surface area contributed by atoms with Crippen LogP contribution in [-0.4, -0.2) is 9.78 Å². The zero-order valence-electron chi connectivity index (χ0n) is 11.4. The summed E-state index contributed by atoms with van der Waals surface area (Å²) < 4.78 is 1.97. The van der Waals surface area contributed by atoms with Crippen molar-refractivity contribution in [2.75, 3.05) is 0 Å². The Morgan fingerprint density at radius 1 is 1.39 bits per heavy atom. The number of hydrogen-bond donors (Lipinski definition) is 2. The van der Waals surface area contributed by atoms with Gasteiger partial charge in [-0.3, -0.25) is 16.0 Å². The number of aryl methyl sites for hydroxylation is 1. The van der Waals surface area contributed by atoms with Crippen LogP contribution in [0, 0.1) is 5.92 Å². The maximum absolute atomic E-state index is 5.72. The predicted octanol–water partition coefficient (Wildman–Crippen LogP) is 2.77. The highest BCUT2D eigenvalue weighted by atomic mass is 15.3. The van der Waals surface area contributed by atoms with E-state index in [4.69, 9.17) is 5.84 Å². The molecule has 1 fully saturated rings. The summed E-state index contributed by atoms with van der Waals surface area (Å²) in [5, 5.41) is 4.34. The lowest BCUT2D eigenvalue weighted by atomic mass is 9.91. The van der Waals surface area contributed by atoms with Gasteiger partial charge in [-0.2, -0.15) is 5.10 Å². The van der Waals surface area contributed by atoms with E-state index in [1.807, 2.05) is 10.9 Å². The molecule has 1 aliphatic carbocycles. The highest BCUT2D eigenvalue weighted by Crippen LogP contribution is 2.30. The van der Waals surface area contributed by atoms with Gasteiger partial charge in [0.05, 0.1) is 6.20 Å². The van der Waals surface area contributed by atoms with Gasteiger partial charge in [0, 0.05) is 24.3 Å². The van der Waals surface area contributed by atoms with Crippen LogP contribution in [0.1, 0.15) is 63.5 Å². The summed E-state index contributed by atoms with van der Waals surface area (Å²) in [6, 6.07) is 0.258. The lowest BCUT2D eigenvalue weighted by molar-refractivity contribution is 0.359. The van der Waals surface area contributed by atoms with Crippen LogP contribution in [0.5, 0.6) is 0 Å². The fourth-order valence-electron chi connectivity index (χ4n) is 2.97. The number of hydrazine groups is 1. The molecular weight excluding hydrogens is 224 g/mol. The minimum absolute atomic E-state index is 0.258. The van der Waals surface area contributed by atoms with Gasteiger partial charge in [0.15, 0.2) is 0 Å². The predicted molar refractivity (Wildman–Crippen MR) is 73.8 cm³/mol. The molecule has 1 unspecified atom stereocenters. The molecule has 1 saturated carbocycles. The van der Waals surface area contributed by atoms with Crippen LogP contribution in [0.3, 0.4) is 0 Å². The van der Waals surface area contributed by atoms with Crippen LogP contribution in [0.15, 0.2) is 12.4 Å². The van der Waals surface area contributed by atoms with E-state index in [0.717, 1.165) is 18.9 Å². The van der Waals surface area contributed by atoms with E-state index in [9.17, 15) is 0 Å². The molecule has 1 aromatic heterocycles. The largest absolute Gasteiger partial charge is 0.273 e. The van der Waals surface area contributed by atoms with E-state index in [1.165, 1.54) is 44.1 Å². The number of hydrogen-bond acceptors (Lipinski definition) is 3. The van der Waals surface area contributed by atoms with Gasteiger partial charge in [-0.15, -0.1) is 0 Å². The zero-order chi connectivity index (χ0) is 12.8. The Balaban J connectivity index is 1.95. The third-order valence-electron chi connectivity index (χ3n) is 4.12. The van der Waals surface area contributed by atoms with Gasteiger partial charge >= 0.3 is 0 Å². The molecule has 0 aromatic carbocycles. The van der Waals surface area contributed by atoms with E-state index in [1.54, 1.807) is 0 Å². The summed E-state index contributed by atoms with van der Waals surface area (Å²) in [5.74, 6) is 6.54. The molecule has 102 valence electrons.